The van der Waals surface area contributed by atoms with Crippen molar-refractivity contribution in [2.75, 3.05) is 37.6 Å². The lowest BCUT2D eigenvalue weighted by Gasteiger charge is -2.35. The molecule has 0 bridgehead atoms. The van der Waals surface area contributed by atoms with Gasteiger partial charge in [-0.05, 0) is 51.4 Å². The highest BCUT2D eigenvalue weighted by Gasteiger charge is 2.27. The van der Waals surface area contributed by atoms with E-state index in [1.807, 2.05) is 20.8 Å². The summed E-state index contributed by atoms with van der Waals surface area (Å²) in [6, 6.07) is 8.55. The van der Waals surface area contributed by atoms with Gasteiger partial charge < -0.3 is 15.5 Å². The van der Waals surface area contributed by atoms with E-state index < -0.39 is 5.41 Å². The number of nitrogens with zero attached hydrogens (tertiary/aromatic N) is 2. The molecule has 0 atom stereocenters. The van der Waals surface area contributed by atoms with Crippen LogP contribution in [-0.4, -0.2) is 43.8 Å². The van der Waals surface area contributed by atoms with E-state index in [-0.39, 0.29) is 5.97 Å². The van der Waals surface area contributed by atoms with Gasteiger partial charge in [-0.2, -0.15) is 0 Å². The molecule has 1 aliphatic rings. The first-order valence-corrected chi connectivity index (χ1v) is 7.91. The fourth-order valence-corrected chi connectivity index (χ4v) is 2.33. The van der Waals surface area contributed by atoms with Crippen molar-refractivity contribution in [1.82, 2.24) is 5.06 Å². The first kappa shape index (κ1) is 16.8. The van der Waals surface area contributed by atoms with Gasteiger partial charge >= 0.3 is 5.97 Å². The largest absolute Gasteiger partial charge is 0.369 e. The fourth-order valence-electron chi connectivity index (χ4n) is 2.33. The number of piperazine rings is 1. The van der Waals surface area contributed by atoms with Crippen molar-refractivity contribution in [2.24, 2.45) is 11.1 Å². The van der Waals surface area contributed by atoms with Crippen LogP contribution in [0.2, 0.25) is 0 Å². The van der Waals surface area contributed by atoms with Crippen molar-refractivity contribution >= 4 is 11.7 Å². The number of nitrogens with two attached hydrogens (primary N) is 1. The molecule has 0 spiro atoms. The maximum atomic E-state index is 11.9. The molecule has 0 amide bonds. The molecule has 22 heavy (non-hydrogen) atoms. The van der Waals surface area contributed by atoms with Crippen LogP contribution in [0.4, 0.5) is 5.69 Å². The Kier molecular flexibility index (Phi) is 5.42. The van der Waals surface area contributed by atoms with E-state index in [4.69, 9.17) is 10.6 Å². The van der Waals surface area contributed by atoms with Crippen molar-refractivity contribution in [3.05, 3.63) is 29.8 Å². The van der Waals surface area contributed by atoms with Crippen molar-refractivity contribution in [3.63, 3.8) is 0 Å². The molecular formula is C17H27N3O2. The lowest BCUT2D eigenvalue weighted by atomic mass is 9.98. The van der Waals surface area contributed by atoms with Crippen LogP contribution in [0.5, 0.6) is 0 Å². The molecule has 122 valence electrons. The Balaban J connectivity index is 1.85. The normalized spacial score (nSPS) is 16.6. The fraction of sp³-hybridized carbons (Fsp3) is 0.588. The molecular weight excluding hydrogens is 278 g/mol. The van der Waals surface area contributed by atoms with Crippen molar-refractivity contribution < 1.29 is 9.63 Å². The lowest BCUT2D eigenvalue weighted by molar-refractivity contribution is -0.201. The summed E-state index contributed by atoms with van der Waals surface area (Å²) in [5, 5.41) is 1.77. The third kappa shape index (κ3) is 4.45. The number of carbonyl (C=O) groups excluding carboxylic acids is 1. The van der Waals surface area contributed by atoms with Gasteiger partial charge in [0.1, 0.15) is 0 Å². The summed E-state index contributed by atoms with van der Waals surface area (Å²) in [5.41, 5.74) is 7.59. The topological polar surface area (TPSA) is 58.8 Å². The van der Waals surface area contributed by atoms with Crippen LogP contribution in [0.25, 0.3) is 0 Å². The quantitative estimate of drug-likeness (QED) is 0.919. The molecule has 1 aliphatic heterocycles. The zero-order chi connectivity index (χ0) is 16.2. The van der Waals surface area contributed by atoms with Crippen LogP contribution >= 0.6 is 0 Å². The third-order valence-electron chi connectivity index (χ3n) is 3.80. The van der Waals surface area contributed by atoms with Crippen molar-refractivity contribution in [3.8, 4) is 0 Å². The van der Waals surface area contributed by atoms with E-state index in [0.717, 1.165) is 32.6 Å². The molecule has 5 nitrogen and oxygen atoms in total. The van der Waals surface area contributed by atoms with Crippen LogP contribution in [0.1, 0.15) is 26.3 Å². The molecule has 1 fully saturated rings. The first-order valence-electron chi connectivity index (χ1n) is 7.91. The van der Waals surface area contributed by atoms with E-state index >= 15 is 0 Å². The van der Waals surface area contributed by atoms with Crippen LogP contribution in [-0.2, 0) is 16.1 Å². The van der Waals surface area contributed by atoms with E-state index in [9.17, 15) is 4.79 Å². The second-order valence-electron chi connectivity index (χ2n) is 6.75. The number of benzene rings is 1. The molecule has 1 saturated heterocycles. The van der Waals surface area contributed by atoms with Gasteiger partial charge in [0.25, 0.3) is 0 Å². The van der Waals surface area contributed by atoms with E-state index in [0.29, 0.717) is 6.54 Å². The highest BCUT2D eigenvalue weighted by molar-refractivity contribution is 5.75. The smallest absolute Gasteiger partial charge is 0.330 e. The number of hydroxylamine groups is 2. The van der Waals surface area contributed by atoms with Gasteiger partial charge in [-0.3, -0.25) is 0 Å². The first-order chi connectivity index (χ1) is 10.4. The molecule has 2 rings (SSSR count). The number of carbonyl (C=O) groups is 1. The number of rotatable bonds is 4. The van der Waals surface area contributed by atoms with Crippen molar-refractivity contribution in [1.29, 1.82) is 0 Å². The average Bonchev–Trinajstić information content (AvgIpc) is 2.48. The van der Waals surface area contributed by atoms with Crippen LogP contribution in [0.3, 0.4) is 0 Å². The minimum Gasteiger partial charge on any atom is -0.369 e. The molecule has 0 aromatic heterocycles. The van der Waals surface area contributed by atoms with E-state index in [2.05, 4.69) is 29.2 Å². The predicted molar refractivity (Wildman–Crippen MR) is 88.5 cm³/mol. The molecule has 1 heterocycles. The zero-order valence-corrected chi connectivity index (χ0v) is 13.8. The molecule has 0 radical (unpaired) electrons. The maximum absolute atomic E-state index is 11.9. The molecule has 1 aromatic carbocycles. The number of anilines is 1. The second kappa shape index (κ2) is 7.11. The summed E-state index contributed by atoms with van der Waals surface area (Å²) in [7, 11) is 0. The SMILES string of the molecule is CC(C)(C)C(=O)ON1CCN(c2ccc(CCN)cc2)CC1. The van der Waals surface area contributed by atoms with Gasteiger partial charge in [0, 0.05) is 18.8 Å². The summed E-state index contributed by atoms with van der Waals surface area (Å²) in [4.78, 5) is 19.7. The predicted octanol–water partition coefficient (Wildman–Crippen LogP) is 1.81. The Bertz CT molecular complexity index is 486. The summed E-state index contributed by atoms with van der Waals surface area (Å²) in [6.45, 7) is 9.45. The number of hydrogen-bond donors (Lipinski definition) is 1. The Morgan fingerprint density at radius 1 is 1.14 bits per heavy atom. The molecule has 2 N–H and O–H groups in total. The summed E-state index contributed by atoms with van der Waals surface area (Å²) >= 11 is 0. The summed E-state index contributed by atoms with van der Waals surface area (Å²) in [5.74, 6) is -0.174. The average molecular weight is 305 g/mol. The van der Waals surface area contributed by atoms with Crippen molar-refractivity contribution in [2.45, 2.75) is 27.2 Å². The van der Waals surface area contributed by atoms with Gasteiger partial charge in [-0.25, -0.2) is 4.79 Å². The van der Waals surface area contributed by atoms with Gasteiger partial charge in [-0.15, -0.1) is 5.06 Å². The van der Waals surface area contributed by atoms with Crippen LogP contribution in [0.15, 0.2) is 24.3 Å². The van der Waals surface area contributed by atoms with Crippen LogP contribution < -0.4 is 10.6 Å². The lowest BCUT2D eigenvalue weighted by Crippen LogP contribution is -2.48. The van der Waals surface area contributed by atoms with E-state index in [1.165, 1.54) is 11.3 Å². The standard InChI is InChI=1S/C17H27N3O2/c1-17(2,3)16(21)22-20-12-10-19(11-13-20)15-6-4-14(5-7-15)8-9-18/h4-7H,8-13,18H2,1-3H3. The minimum atomic E-state index is -0.462. The Morgan fingerprint density at radius 3 is 2.23 bits per heavy atom. The molecule has 5 heteroatoms. The monoisotopic (exact) mass is 305 g/mol. The zero-order valence-electron chi connectivity index (χ0n) is 13.8. The third-order valence-corrected chi connectivity index (χ3v) is 3.80. The maximum Gasteiger partial charge on any atom is 0.330 e. The van der Waals surface area contributed by atoms with Gasteiger partial charge in [0.15, 0.2) is 0 Å². The van der Waals surface area contributed by atoms with E-state index in [1.54, 1.807) is 5.06 Å². The Morgan fingerprint density at radius 2 is 1.73 bits per heavy atom. The molecule has 0 unspecified atom stereocenters. The van der Waals surface area contributed by atoms with Gasteiger partial charge in [0.05, 0.1) is 18.5 Å². The highest BCUT2D eigenvalue weighted by atomic mass is 16.7. The molecule has 0 saturated carbocycles. The van der Waals surface area contributed by atoms with Crippen LogP contribution in [0, 0.1) is 5.41 Å². The highest BCUT2D eigenvalue weighted by Crippen LogP contribution is 2.20. The minimum absolute atomic E-state index is 0.174. The second-order valence-corrected chi connectivity index (χ2v) is 6.75. The molecule has 1 aromatic rings. The summed E-state index contributed by atoms with van der Waals surface area (Å²) < 4.78 is 0. The summed E-state index contributed by atoms with van der Waals surface area (Å²) in [6.07, 6.45) is 0.914. The Hall–Kier alpha value is -1.59. The Labute approximate surface area is 133 Å². The molecule has 0 aliphatic carbocycles. The number of hydrogen-bond acceptors (Lipinski definition) is 5. The van der Waals surface area contributed by atoms with Gasteiger partial charge in [0.2, 0.25) is 0 Å². The van der Waals surface area contributed by atoms with Gasteiger partial charge in [-0.1, -0.05) is 12.1 Å².